The molecule has 3 heteroatoms. The van der Waals surface area contributed by atoms with Crippen LogP contribution in [0.3, 0.4) is 0 Å². The zero-order valence-corrected chi connectivity index (χ0v) is 10.3. The summed E-state index contributed by atoms with van der Waals surface area (Å²) >= 11 is 0. The van der Waals surface area contributed by atoms with Crippen LogP contribution in [0.2, 0.25) is 0 Å². The van der Waals surface area contributed by atoms with Gasteiger partial charge in [-0.2, -0.15) is 0 Å². The fourth-order valence-electron chi connectivity index (χ4n) is 2.33. The summed E-state index contributed by atoms with van der Waals surface area (Å²) in [6, 6.07) is 0.328. The number of hydrogen-bond acceptors (Lipinski definition) is 3. The predicted octanol–water partition coefficient (Wildman–Crippen LogP) is 1.50. The number of rotatable bonds is 5. The molecule has 1 N–H and O–H groups in total. The molecule has 0 saturated heterocycles. The van der Waals surface area contributed by atoms with Crippen molar-refractivity contribution in [2.75, 3.05) is 26.8 Å². The van der Waals surface area contributed by atoms with Gasteiger partial charge in [0.1, 0.15) is 0 Å². The van der Waals surface area contributed by atoms with Crippen molar-refractivity contribution < 1.29 is 9.84 Å². The Labute approximate surface area is 93.4 Å². The smallest absolute Gasteiger partial charge is 0.0695 e. The van der Waals surface area contributed by atoms with Gasteiger partial charge in [-0.3, -0.25) is 4.90 Å². The van der Waals surface area contributed by atoms with Gasteiger partial charge in [0.05, 0.1) is 12.7 Å². The summed E-state index contributed by atoms with van der Waals surface area (Å²) in [5.74, 6) is 0.743. The third-order valence-corrected chi connectivity index (χ3v) is 3.40. The van der Waals surface area contributed by atoms with E-state index >= 15 is 0 Å². The minimum absolute atomic E-state index is 0.146. The summed E-state index contributed by atoms with van der Waals surface area (Å²) in [4.78, 5) is 2.25. The maximum atomic E-state index is 9.93. The molecule has 0 heterocycles. The molecule has 1 aliphatic rings. The molecule has 1 aliphatic carbocycles. The molecule has 0 amide bonds. The Kier molecular flexibility index (Phi) is 5.58. The van der Waals surface area contributed by atoms with Gasteiger partial charge in [0.2, 0.25) is 0 Å². The van der Waals surface area contributed by atoms with Crippen LogP contribution in [0.1, 0.15) is 33.1 Å². The largest absolute Gasteiger partial charge is 0.391 e. The molecule has 1 fully saturated rings. The van der Waals surface area contributed by atoms with E-state index in [9.17, 15) is 5.11 Å². The van der Waals surface area contributed by atoms with Gasteiger partial charge in [0.25, 0.3) is 0 Å². The quantitative estimate of drug-likeness (QED) is 0.706. The summed E-state index contributed by atoms with van der Waals surface area (Å²) in [5.41, 5.74) is 0. The molecule has 0 aromatic rings. The first kappa shape index (κ1) is 12.9. The number of aliphatic hydroxyl groups excluding tert-OH is 1. The maximum Gasteiger partial charge on any atom is 0.0695 e. The van der Waals surface area contributed by atoms with Crippen molar-refractivity contribution in [3.8, 4) is 0 Å². The lowest BCUT2D eigenvalue weighted by Crippen LogP contribution is -2.46. The van der Waals surface area contributed by atoms with Crippen molar-refractivity contribution in [2.45, 2.75) is 45.3 Å². The summed E-state index contributed by atoms with van der Waals surface area (Å²) in [5, 5.41) is 9.93. The van der Waals surface area contributed by atoms with Crippen LogP contribution in [0.15, 0.2) is 0 Å². The first-order valence-electron chi connectivity index (χ1n) is 6.11. The summed E-state index contributed by atoms with van der Waals surface area (Å²) in [7, 11) is 2.09. The molecule has 1 rings (SSSR count). The summed E-state index contributed by atoms with van der Waals surface area (Å²) in [6.45, 7) is 6.75. The van der Waals surface area contributed by atoms with Crippen molar-refractivity contribution in [3.05, 3.63) is 0 Å². The van der Waals surface area contributed by atoms with Gasteiger partial charge in [-0.05, 0) is 39.2 Å². The Balaban J connectivity index is 2.32. The molecule has 0 aromatic carbocycles. The van der Waals surface area contributed by atoms with E-state index in [0.717, 1.165) is 44.9 Å². The molecule has 0 spiro atoms. The van der Waals surface area contributed by atoms with Crippen molar-refractivity contribution >= 4 is 0 Å². The molecule has 3 atom stereocenters. The average molecular weight is 215 g/mol. The Hall–Kier alpha value is -0.120. The van der Waals surface area contributed by atoms with Crippen molar-refractivity contribution in [1.82, 2.24) is 4.90 Å². The molecule has 15 heavy (non-hydrogen) atoms. The van der Waals surface area contributed by atoms with Crippen LogP contribution in [-0.2, 0) is 4.74 Å². The maximum absolute atomic E-state index is 9.93. The Morgan fingerprint density at radius 2 is 2.13 bits per heavy atom. The van der Waals surface area contributed by atoms with Crippen LogP contribution in [0.4, 0.5) is 0 Å². The number of aliphatic hydroxyl groups is 1. The van der Waals surface area contributed by atoms with Gasteiger partial charge >= 0.3 is 0 Å². The second kappa shape index (κ2) is 6.46. The highest BCUT2D eigenvalue weighted by Crippen LogP contribution is 2.26. The second-order valence-corrected chi connectivity index (χ2v) is 4.73. The molecular formula is C12H25NO2. The highest BCUT2D eigenvalue weighted by molar-refractivity contribution is 4.84. The van der Waals surface area contributed by atoms with Gasteiger partial charge in [-0.15, -0.1) is 0 Å². The zero-order chi connectivity index (χ0) is 11.3. The molecule has 0 aromatic heterocycles. The van der Waals surface area contributed by atoms with E-state index < -0.39 is 0 Å². The minimum Gasteiger partial charge on any atom is -0.391 e. The third-order valence-electron chi connectivity index (χ3n) is 3.40. The molecule has 0 radical (unpaired) electrons. The van der Waals surface area contributed by atoms with E-state index in [1.54, 1.807) is 0 Å². The van der Waals surface area contributed by atoms with Crippen LogP contribution in [0, 0.1) is 5.92 Å². The van der Waals surface area contributed by atoms with E-state index in [1.165, 1.54) is 0 Å². The highest BCUT2D eigenvalue weighted by Gasteiger charge is 2.29. The number of likely N-dealkylation sites (N-methyl/N-ethyl adjacent to an activating group) is 1. The lowest BCUT2D eigenvalue weighted by molar-refractivity contribution is 0.00533. The zero-order valence-electron chi connectivity index (χ0n) is 10.3. The molecule has 3 nitrogen and oxygen atoms in total. The van der Waals surface area contributed by atoms with E-state index in [2.05, 4.69) is 18.9 Å². The summed E-state index contributed by atoms with van der Waals surface area (Å²) in [6.07, 6.45) is 3.08. The van der Waals surface area contributed by atoms with Gasteiger partial charge in [0.15, 0.2) is 0 Å². The van der Waals surface area contributed by atoms with E-state index in [-0.39, 0.29) is 6.10 Å². The van der Waals surface area contributed by atoms with Crippen LogP contribution < -0.4 is 0 Å². The first-order chi connectivity index (χ1) is 7.15. The number of ether oxygens (including phenoxy) is 1. The molecular weight excluding hydrogens is 190 g/mol. The van der Waals surface area contributed by atoms with E-state index in [4.69, 9.17) is 4.74 Å². The second-order valence-electron chi connectivity index (χ2n) is 4.73. The lowest BCUT2D eigenvalue weighted by Gasteiger charge is -2.37. The number of hydrogen-bond donors (Lipinski definition) is 1. The van der Waals surface area contributed by atoms with Crippen molar-refractivity contribution in [1.29, 1.82) is 0 Å². The van der Waals surface area contributed by atoms with Crippen molar-refractivity contribution in [2.24, 2.45) is 5.92 Å². The lowest BCUT2D eigenvalue weighted by atomic mass is 9.84. The molecule has 3 unspecified atom stereocenters. The standard InChI is InChI=1S/C12H25NO2/c1-4-15-8-7-13(3)11-9-10(2)5-6-12(11)14/h10-12,14H,4-9H2,1-3H3. The molecule has 1 saturated carbocycles. The molecule has 0 bridgehead atoms. The summed E-state index contributed by atoms with van der Waals surface area (Å²) < 4.78 is 5.33. The Morgan fingerprint density at radius 3 is 2.80 bits per heavy atom. The SMILES string of the molecule is CCOCCN(C)C1CC(C)CCC1O. The van der Waals surface area contributed by atoms with Crippen molar-refractivity contribution in [3.63, 3.8) is 0 Å². The average Bonchev–Trinajstić information content (AvgIpc) is 2.22. The van der Waals surface area contributed by atoms with Gasteiger partial charge < -0.3 is 9.84 Å². The highest BCUT2D eigenvalue weighted by atomic mass is 16.5. The third kappa shape index (κ3) is 4.09. The Bertz CT molecular complexity index is 175. The fourth-order valence-corrected chi connectivity index (χ4v) is 2.33. The minimum atomic E-state index is -0.146. The van der Waals surface area contributed by atoms with Crippen LogP contribution in [0.5, 0.6) is 0 Å². The topological polar surface area (TPSA) is 32.7 Å². The first-order valence-corrected chi connectivity index (χ1v) is 6.11. The predicted molar refractivity (Wildman–Crippen MR) is 61.9 cm³/mol. The van der Waals surface area contributed by atoms with E-state index in [1.807, 2.05) is 6.92 Å². The molecule has 0 aliphatic heterocycles. The number of nitrogens with zero attached hydrogens (tertiary/aromatic N) is 1. The van der Waals surface area contributed by atoms with Gasteiger partial charge in [-0.1, -0.05) is 6.92 Å². The fraction of sp³-hybridized carbons (Fsp3) is 1.00. The normalized spacial score (nSPS) is 32.2. The van der Waals surface area contributed by atoms with Crippen LogP contribution >= 0.6 is 0 Å². The molecule has 90 valence electrons. The Morgan fingerprint density at radius 1 is 1.40 bits per heavy atom. The van der Waals surface area contributed by atoms with Gasteiger partial charge in [0, 0.05) is 19.2 Å². The van der Waals surface area contributed by atoms with E-state index in [0.29, 0.717) is 6.04 Å². The monoisotopic (exact) mass is 215 g/mol. The van der Waals surface area contributed by atoms with Gasteiger partial charge in [-0.25, -0.2) is 0 Å². The van der Waals surface area contributed by atoms with Crippen LogP contribution in [-0.4, -0.2) is 49.0 Å². The van der Waals surface area contributed by atoms with Crippen LogP contribution in [0.25, 0.3) is 0 Å².